The van der Waals surface area contributed by atoms with Crippen LogP contribution < -0.4 is 0 Å². The molecule has 0 saturated heterocycles. The van der Waals surface area contributed by atoms with Crippen molar-refractivity contribution in [3.05, 3.63) is 71.4 Å². The molecule has 0 bridgehead atoms. The molecule has 1 aliphatic heterocycles. The van der Waals surface area contributed by atoms with E-state index in [1.54, 1.807) is 0 Å². The number of para-hydroxylation sites is 1. The number of hydrogen-bond donors (Lipinski definition) is 0. The van der Waals surface area contributed by atoms with Gasteiger partial charge in [-0.15, -0.1) is 0 Å². The fourth-order valence-corrected chi connectivity index (χ4v) is 3.97. The fraction of sp³-hybridized carbons (Fsp3) is 0.304. The average Bonchev–Trinajstić information content (AvgIpc) is 3.02. The number of hydrogen-bond acceptors (Lipinski definition) is 3. The molecule has 0 N–H and O–H groups in total. The molecule has 0 atom stereocenters. The number of nitrogens with zero attached hydrogens (tertiary/aromatic N) is 2. The van der Waals surface area contributed by atoms with Gasteiger partial charge in [0.15, 0.2) is 6.73 Å². The Balaban J connectivity index is 1.83. The van der Waals surface area contributed by atoms with Crippen molar-refractivity contribution in [3.63, 3.8) is 0 Å². The summed E-state index contributed by atoms with van der Waals surface area (Å²) in [4.78, 5) is 15.9. The van der Waals surface area contributed by atoms with Gasteiger partial charge in [-0.2, -0.15) is 0 Å². The Morgan fingerprint density at radius 2 is 1.85 bits per heavy atom. The van der Waals surface area contributed by atoms with Crippen LogP contribution in [0, 0.1) is 0 Å². The second-order valence-electron chi connectivity index (χ2n) is 6.98. The van der Waals surface area contributed by atoms with Crippen molar-refractivity contribution in [2.45, 2.75) is 39.2 Å². The van der Waals surface area contributed by atoms with Gasteiger partial charge in [-0.3, -0.25) is 4.79 Å². The standard InChI is InChI=1S/C23H24N2O2/c1-17(26)27-16-24-20(15-18-9-3-2-4-10-18)23-19-11-5-6-12-21(19)25-14-8-7-13-22(23)25/h2-6,9-12H,7-8,13-16H2,1H3/b24-20+. The lowest BCUT2D eigenvalue weighted by Crippen LogP contribution is -2.15. The van der Waals surface area contributed by atoms with E-state index in [2.05, 4.69) is 41.0 Å². The van der Waals surface area contributed by atoms with Gasteiger partial charge in [0.25, 0.3) is 0 Å². The first-order valence-electron chi connectivity index (χ1n) is 9.55. The monoisotopic (exact) mass is 360 g/mol. The van der Waals surface area contributed by atoms with Gasteiger partial charge >= 0.3 is 5.97 Å². The van der Waals surface area contributed by atoms with Crippen molar-refractivity contribution in [2.24, 2.45) is 4.99 Å². The molecule has 1 aromatic heterocycles. The van der Waals surface area contributed by atoms with E-state index in [4.69, 9.17) is 9.73 Å². The Bertz CT molecular complexity index is 986. The molecule has 0 spiro atoms. The van der Waals surface area contributed by atoms with E-state index < -0.39 is 0 Å². The van der Waals surface area contributed by atoms with Crippen LogP contribution in [-0.4, -0.2) is 23.0 Å². The number of benzene rings is 2. The minimum Gasteiger partial charge on any atom is -0.443 e. The van der Waals surface area contributed by atoms with E-state index >= 15 is 0 Å². The van der Waals surface area contributed by atoms with Gasteiger partial charge in [-0.1, -0.05) is 48.5 Å². The number of aliphatic imine (C=N–C) groups is 1. The minimum absolute atomic E-state index is 0.0659. The third-order valence-electron chi connectivity index (χ3n) is 5.15. The lowest BCUT2D eigenvalue weighted by molar-refractivity contribution is -0.140. The molecule has 1 aliphatic rings. The quantitative estimate of drug-likeness (QED) is 0.496. The van der Waals surface area contributed by atoms with Gasteiger partial charge in [0.2, 0.25) is 0 Å². The van der Waals surface area contributed by atoms with E-state index in [9.17, 15) is 4.79 Å². The Morgan fingerprint density at radius 3 is 2.67 bits per heavy atom. The number of rotatable bonds is 5. The maximum atomic E-state index is 11.2. The summed E-state index contributed by atoms with van der Waals surface area (Å²) in [6, 6.07) is 18.9. The molecule has 0 saturated carbocycles. The number of ether oxygens (including phenoxy) is 1. The van der Waals surface area contributed by atoms with Crippen LogP contribution in [-0.2, 0) is 28.9 Å². The van der Waals surface area contributed by atoms with Gasteiger partial charge in [0, 0.05) is 42.0 Å². The zero-order valence-electron chi connectivity index (χ0n) is 15.6. The van der Waals surface area contributed by atoms with Crippen molar-refractivity contribution in [2.75, 3.05) is 6.73 Å². The third-order valence-corrected chi connectivity index (χ3v) is 5.15. The molecule has 0 aliphatic carbocycles. The maximum absolute atomic E-state index is 11.2. The molecule has 4 heteroatoms. The Hall–Kier alpha value is -2.88. The summed E-state index contributed by atoms with van der Waals surface area (Å²) in [5.74, 6) is -0.304. The third kappa shape index (κ3) is 3.65. The minimum atomic E-state index is -0.304. The molecule has 0 unspecified atom stereocenters. The highest BCUT2D eigenvalue weighted by Gasteiger charge is 2.22. The number of aromatic nitrogens is 1. The van der Waals surface area contributed by atoms with Crippen LogP contribution in [0.4, 0.5) is 0 Å². The predicted octanol–water partition coefficient (Wildman–Crippen LogP) is 4.53. The molecule has 27 heavy (non-hydrogen) atoms. The molecule has 2 aromatic carbocycles. The summed E-state index contributed by atoms with van der Waals surface area (Å²) in [6.45, 7) is 2.54. The van der Waals surface area contributed by atoms with Crippen molar-refractivity contribution in [1.82, 2.24) is 4.57 Å². The summed E-state index contributed by atoms with van der Waals surface area (Å²) < 4.78 is 7.58. The highest BCUT2D eigenvalue weighted by molar-refractivity contribution is 6.13. The Labute approximate surface area is 159 Å². The normalized spacial score (nSPS) is 14.2. The van der Waals surface area contributed by atoms with Crippen LogP contribution in [0.3, 0.4) is 0 Å². The van der Waals surface area contributed by atoms with Crippen LogP contribution in [0.2, 0.25) is 0 Å². The molecule has 3 aromatic rings. The van der Waals surface area contributed by atoms with Gasteiger partial charge in [0.05, 0.1) is 5.71 Å². The van der Waals surface area contributed by atoms with Crippen LogP contribution >= 0.6 is 0 Å². The molecule has 4 rings (SSSR count). The van der Waals surface area contributed by atoms with Crippen molar-refractivity contribution in [1.29, 1.82) is 0 Å². The second-order valence-corrected chi connectivity index (χ2v) is 6.98. The van der Waals surface area contributed by atoms with Gasteiger partial charge < -0.3 is 9.30 Å². The van der Waals surface area contributed by atoms with Gasteiger partial charge in [-0.25, -0.2) is 4.99 Å². The first-order chi connectivity index (χ1) is 13.2. The topological polar surface area (TPSA) is 43.6 Å². The second kappa shape index (κ2) is 7.78. The van der Waals surface area contributed by atoms with E-state index in [-0.39, 0.29) is 12.7 Å². The van der Waals surface area contributed by atoms with E-state index in [1.807, 2.05) is 18.2 Å². The van der Waals surface area contributed by atoms with Crippen LogP contribution in [0.5, 0.6) is 0 Å². The smallest absolute Gasteiger partial charge is 0.304 e. The lowest BCUT2D eigenvalue weighted by Gasteiger charge is -2.18. The highest BCUT2D eigenvalue weighted by atomic mass is 16.5. The maximum Gasteiger partial charge on any atom is 0.304 e. The summed E-state index contributed by atoms with van der Waals surface area (Å²) in [6.07, 6.45) is 4.20. The fourth-order valence-electron chi connectivity index (χ4n) is 3.97. The summed E-state index contributed by atoms with van der Waals surface area (Å²) in [7, 11) is 0. The Morgan fingerprint density at radius 1 is 1.07 bits per heavy atom. The SMILES string of the molecule is CC(=O)OC/N=C(\Cc1ccccc1)c1c2n(c3ccccc13)CCCC2. The van der Waals surface area contributed by atoms with Crippen LogP contribution in [0.1, 0.15) is 36.6 Å². The Kier molecular flexibility index (Phi) is 5.05. The lowest BCUT2D eigenvalue weighted by atomic mass is 9.96. The van der Waals surface area contributed by atoms with Crippen molar-refractivity contribution in [3.8, 4) is 0 Å². The van der Waals surface area contributed by atoms with Gasteiger partial charge in [-0.05, 0) is 30.9 Å². The average molecular weight is 360 g/mol. The molecule has 2 heterocycles. The molecular weight excluding hydrogens is 336 g/mol. The summed E-state index contributed by atoms with van der Waals surface area (Å²) in [5.41, 5.74) is 6.06. The number of carbonyl (C=O) groups is 1. The molecule has 138 valence electrons. The van der Waals surface area contributed by atoms with E-state index in [1.165, 1.54) is 47.5 Å². The van der Waals surface area contributed by atoms with Crippen molar-refractivity contribution < 1.29 is 9.53 Å². The zero-order chi connectivity index (χ0) is 18.6. The first-order valence-corrected chi connectivity index (χ1v) is 9.55. The number of fused-ring (bicyclic) bond motifs is 3. The number of carbonyl (C=O) groups excluding carboxylic acids is 1. The molecule has 0 radical (unpaired) electrons. The number of esters is 1. The van der Waals surface area contributed by atoms with Crippen LogP contribution in [0.25, 0.3) is 10.9 Å². The predicted molar refractivity (Wildman–Crippen MR) is 108 cm³/mol. The first kappa shape index (κ1) is 17.5. The highest BCUT2D eigenvalue weighted by Crippen LogP contribution is 2.32. The zero-order valence-corrected chi connectivity index (χ0v) is 15.6. The molecular formula is C23H24N2O2. The molecule has 0 amide bonds. The summed E-state index contributed by atoms with van der Waals surface area (Å²) >= 11 is 0. The molecule has 4 nitrogen and oxygen atoms in total. The van der Waals surface area contributed by atoms with Gasteiger partial charge in [0.1, 0.15) is 0 Å². The van der Waals surface area contributed by atoms with E-state index in [0.29, 0.717) is 0 Å². The van der Waals surface area contributed by atoms with E-state index in [0.717, 1.165) is 25.1 Å². The largest absolute Gasteiger partial charge is 0.443 e. The van der Waals surface area contributed by atoms with Crippen LogP contribution in [0.15, 0.2) is 59.6 Å². The number of aryl methyl sites for hydroxylation is 1. The van der Waals surface area contributed by atoms with Crippen molar-refractivity contribution >= 4 is 22.6 Å². The summed E-state index contributed by atoms with van der Waals surface area (Å²) in [5, 5.41) is 1.24. The molecule has 0 fully saturated rings.